The Morgan fingerprint density at radius 1 is 1.25 bits per heavy atom. The molecule has 2 fully saturated rings. The number of ketones is 1. The van der Waals surface area contributed by atoms with E-state index in [9.17, 15) is 9.59 Å². The first-order chi connectivity index (χ1) is 7.75. The molecule has 4 heteroatoms. The van der Waals surface area contributed by atoms with Gasteiger partial charge in [-0.3, -0.25) is 9.59 Å². The van der Waals surface area contributed by atoms with Crippen LogP contribution in [0.2, 0.25) is 0 Å². The fraction of sp³-hybridized carbons (Fsp3) is 0.833. The Hall–Kier alpha value is -0.510. The van der Waals surface area contributed by atoms with Crippen molar-refractivity contribution in [1.82, 2.24) is 4.90 Å². The molecule has 0 atom stereocenters. The molecule has 0 aromatic rings. The highest BCUT2D eigenvalue weighted by atomic mass is 32.2. The minimum absolute atomic E-state index is 0.268. The van der Waals surface area contributed by atoms with Gasteiger partial charge in [-0.1, -0.05) is 0 Å². The molecule has 0 spiro atoms. The summed E-state index contributed by atoms with van der Waals surface area (Å²) in [5, 5.41) is 0. The molecule has 0 aliphatic carbocycles. The van der Waals surface area contributed by atoms with Crippen LogP contribution in [-0.2, 0) is 9.59 Å². The first-order valence-electron chi connectivity index (χ1n) is 6.13. The van der Waals surface area contributed by atoms with E-state index in [2.05, 4.69) is 0 Å². The molecule has 0 aromatic carbocycles. The van der Waals surface area contributed by atoms with Crippen LogP contribution < -0.4 is 0 Å². The number of nitrogens with zero attached hydrogens (tertiary/aromatic N) is 1. The van der Waals surface area contributed by atoms with E-state index in [1.54, 1.807) is 0 Å². The smallest absolute Gasteiger partial charge is 0.222 e. The summed E-state index contributed by atoms with van der Waals surface area (Å²) >= 11 is 1.99. The van der Waals surface area contributed by atoms with Gasteiger partial charge in [-0.25, -0.2) is 0 Å². The highest BCUT2D eigenvalue weighted by Gasteiger charge is 2.24. The molecular formula is C12H19NO2S. The summed E-state index contributed by atoms with van der Waals surface area (Å²) in [7, 11) is 0. The third-order valence-electron chi connectivity index (χ3n) is 3.48. The summed E-state index contributed by atoms with van der Waals surface area (Å²) in [5.41, 5.74) is 0. The number of hydrogen-bond donors (Lipinski definition) is 0. The van der Waals surface area contributed by atoms with Gasteiger partial charge in [0.05, 0.1) is 0 Å². The maximum atomic E-state index is 12.0. The molecule has 16 heavy (non-hydrogen) atoms. The zero-order chi connectivity index (χ0) is 11.4. The standard InChI is InChI=1S/C12H19NO2S/c14-11-1-5-13(6-2-11)12(15)9-10-3-7-16-8-4-10/h10H,1-9H2. The number of Topliss-reactive ketones (excluding diaryl/α,β-unsaturated/α-hetero) is 1. The highest BCUT2D eigenvalue weighted by molar-refractivity contribution is 7.99. The maximum absolute atomic E-state index is 12.0. The van der Waals surface area contributed by atoms with E-state index >= 15 is 0 Å². The summed E-state index contributed by atoms with van der Waals surface area (Å²) in [4.78, 5) is 24.9. The zero-order valence-electron chi connectivity index (χ0n) is 9.61. The second-order valence-electron chi connectivity index (χ2n) is 4.68. The molecule has 0 saturated carbocycles. The van der Waals surface area contributed by atoms with Gasteiger partial charge in [-0.2, -0.15) is 11.8 Å². The number of hydrogen-bond acceptors (Lipinski definition) is 3. The fourth-order valence-electron chi connectivity index (χ4n) is 2.33. The fourth-order valence-corrected chi connectivity index (χ4v) is 3.54. The van der Waals surface area contributed by atoms with E-state index in [0.717, 1.165) is 0 Å². The Balaban J connectivity index is 1.76. The van der Waals surface area contributed by atoms with Crippen LogP contribution in [0.25, 0.3) is 0 Å². The number of thioether (sulfide) groups is 1. The van der Waals surface area contributed by atoms with Gasteiger partial charge in [0.2, 0.25) is 5.91 Å². The third kappa shape index (κ3) is 3.24. The average molecular weight is 241 g/mol. The summed E-state index contributed by atoms with van der Waals surface area (Å²) in [6.07, 6.45) is 4.19. The Morgan fingerprint density at radius 2 is 1.88 bits per heavy atom. The van der Waals surface area contributed by atoms with Crippen LogP contribution >= 0.6 is 11.8 Å². The van der Waals surface area contributed by atoms with Crippen molar-refractivity contribution in [3.63, 3.8) is 0 Å². The van der Waals surface area contributed by atoms with Crippen molar-refractivity contribution in [2.75, 3.05) is 24.6 Å². The Labute approximate surface area is 101 Å². The second kappa shape index (κ2) is 5.71. The van der Waals surface area contributed by atoms with Crippen molar-refractivity contribution in [3.05, 3.63) is 0 Å². The van der Waals surface area contributed by atoms with Crippen molar-refractivity contribution in [2.45, 2.75) is 32.1 Å². The topological polar surface area (TPSA) is 37.4 Å². The van der Waals surface area contributed by atoms with E-state index in [0.29, 0.717) is 44.1 Å². The quantitative estimate of drug-likeness (QED) is 0.738. The monoisotopic (exact) mass is 241 g/mol. The number of likely N-dealkylation sites (tertiary alicyclic amines) is 1. The minimum Gasteiger partial charge on any atom is -0.342 e. The summed E-state index contributed by atoms with van der Waals surface area (Å²) in [5.74, 6) is 3.57. The van der Waals surface area contributed by atoms with Gasteiger partial charge in [0.25, 0.3) is 0 Å². The lowest BCUT2D eigenvalue weighted by molar-refractivity contribution is -0.135. The van der Waals surface area contributed by atoms with Crippen molar-refractivity contribution in [1.29, 1.82) is 0 Å². The van der Waals surface area contributed by atoms with Crippen molar-refractivity contribution >= 4 is 23.5 Å². The van der Waals surface area contributed by atoms with Crippen LogP contribution in [0.1, 0.15) is 32.1 Å². The molecule has 0 radical (unpaired) electrons. The third-order valence-corrected chi connectivity index (χ3v) is 4.53. The first kappa shape index (κ1) is 12.0. The van der Waals surface area contributed by atoms with Crippen molar-refractivity contribution < 1.29 is 9.59 Å². The van der Waals surface area contributed by atoms with Crippen LogP contribution in [-0.4, -0.2) is 41.2 Å². The van der Waals surface area contributed by atoms with Crippen LogP contribution in [0.15, 0.2) is 0 Å². The van der Waals surface area contributed by atoms with Crippen LogP contribution in [0, 0.1) is 5.92 Å². The number of carbonyl (C=O) groups excluding carboxylic acids is 2. The number of amides is 1. The van der Waals surface area contributed by atoms with Crippen LogP contribution in [0.5, 0.6) is 0 Å². The average Bonchev–Trinajstić information content (AvgIpc) is 2.31. The minimum atomic E-state index is 0.268. The van der Waals surface area contributed by atoms with Gasteiger partial charge in [0.1, 0.15) is 5.78 Å². The lowest BCUT2D eigenvalue weighted by atomic mass is 9.97. The molecule has 3 nitrogen and oxygen atoms in total. The molecule has 2 saturated heterocycles. The Bertz CT molecular complexity index is 264. The van der Waals surface area contributed by atoms with E-state index in [-0.39, 0.29) is 5.91 Å². The molecule has 2 heterocycles. The molecule has 1 amide bonds. The summed E-state index contributed by atoms with van der Waals surface area (Å²) in [6, 6.07) is 0. The predicted molar refractivity (Wildman–Crippen MR) is 65.5 cm³/mol. The Kier molecular flexibility index (Phi) is 4.27. The largest absolute Gasteiger partial charge is 0.342 e. The van der Waals surface area contributed by atoms with Gasteiger partial charge < -0.3 is 4.90 Å². The summed E-state index contributed by atoms with van der Waals surface area (Å²) < 4.78 is 0. The van der Waals surface area contributed by atoms with Gasteiger partial charge >= 0.3 is 0 Å². The van der Waals surface area contributed by atoms with Crippen LogP contribution in [0.3, 0.4) is 0 Å². The number of rotatable bonds is 2. The van der Waals surface area contributed by atoms with Crippen molar-refractivity contribution in [2.24, 2.45) is 5.92 Å². The highest BCUT2D eigenvalue weighted by Crippen LogP contribution is 2.26. The molecule has 2 aliphatic heterocycles. The molecule has 0 aromatic heterocycles. The summed E-state index contributed by atoms with van der Waals surface area (Å²) in [6.45, 7) is 1.30. The number of piperidine rings is 1. The molecule has 2 aliphatic rings. The molecule has 2 rings (SSSR count). The molecular weight excluding hydrogens is 222 g/mol. The number of carbonyl (C=O) groups is 2. The first-order valence-corrected chi connectivity index (χ1v) is 7.28. The van der Waals surface area contributed by atoms with Gasteiger partial charge in [-0.05, 0) is 30.3 Å². The zero-order valence-corrected chi connectivity index (χ0v) is 10.4. The van der Waals surface area contributed by atoms with Crippen molar-refractivity contribution in [3.8, 4) is 0 Å². The lowest BCUT2D eigenvalue weighted by Gasteiger charge is -2.29. The SMILES string of the molecule is O=C1CCN(C(=O)CC2CCSCC2)CC1. The molecule has 0 unspecified atom stereocenters. The van der Waals surface area contributed by atoms with E-state index in [4.69, 9.17) is 0 Å². The lowest BCUT2D eigenvalue weighted by Crippen LogP contribution is -2.39. The van der Waals surface area contributed by atoms with E-state index in [1.165, 1.54) is 24.3 Å². The van der Waals surface area contributed by atoms with Crippen LogP contribution in [0.4, 0.5) is 0 Å². The molecule has 90 valence electrons. The Morgan fingerprint density at radius 3 is 2.50 bits per heavy atom. The molecule has 0 N–H and O–H groups in total. The van der Waals surface area contributed by atoms with Gasteiger partial charge in [0.15, 0.2) is 0 Å². The predicted octanol–water partition coefficient (Wildman–Crippen LogP) is 1.71. The second-order valence-corrected chi connectivity index (χ2v) is 5.90. The van der Waals surface area contributed by atoms with Gasteiger partial charge in [-0.15, -0.1) is 0 Å². The van der Waals surface area contributed by atoms with E-state index in [1.807, 2.05) is 16.7 Å². The van der Waals surface area contributed by atoms with Gasteiger partial charge in [0, 0.05) is 32.4 Å². The normalized spacial score (nSPS) is 23.5. The van der Waals surface area contributed by atoms with E-state index < -0.39 is 0 Å². The maximum Gasteiger partial charge on any atom is 0.222 e. The molecule has 0 bridgehead atoms.